The molecule has 6 nitrogen and oxygen atoms in total. The van der Waals surface area contributed by atoms with Gasteiger partial charge in [-0.2, -0.15) is 11.8 Å². The predicted molar refractivity (Wildman–Crippen MR) is 89.2 cm³/mol. The van der Waals surface area contributed by atoms with Crippen LogP contribution in [0.5, 0.6) is 0 Å². The second kappa shape index (κ2) is 7.06. The van der Waals surface area contributed by atoms with Crippen LogP contribution in [0.4, 0.5) is 11.5 Å². The van der Waals surface area contributed by atoms with E-state index in [0.29, 0.717) is 24.0 Å². The minimum absolute atomic E-state index is 0.234. The minimum Gasteiger partial charge on any atom is -0.383 e. The Morgan fingerprint density at radius 1 is 1.43 bits per heavy atom. The molecule has 0 bridgehead atoms. The van der Waals surface area contributed by atoms with E-state index < -0.39 is 11.2 Å². The lowest BCUT2D eigenvalue weighted by Crippen LogP contribution is -2.36. The number of hydrogen-bond acceptors (Lipinski definition) is 5. The number of aromatic amines is 1. The van der Waals surface area contributed by atoms with Gasteiger partial charge in [0.2, 0.25) is 0 Å². The van der Waals surface area contributed by atoms with Gasteiger partial charge in [0, 0.05) is 18.3 Å². The maximum Gasteiger partial charge on any atom is 0.330 e. The third-order valence-electron chi connectivity index (χ3n) is 3.57. The normalized spacial score (nSPS) is 18.9. The SMILES string of the molecule is CC(C)Cn1c(N)c(NCC2CCCCS2)c(=O)[nH]c1=O. The number of rotatable bonds is 5. The summed E-state index contributed by atoms with van der Waals surface area (Å²) < 4.78 is 1.43. The molecule has 1 unspecified atom stereocenters. The molecule has 4 N–H and O–H groups in total. The van der Waals surface area contributed by atoms with E-state index in [1.165, 1.54) is 23.2 Å². The zero-order valence-corrected chi connectivity index (χ0v) is 13.5. The van der Waals surface area contributed by atoms with Crippen molar-refractivity contribution in [2.24, 2.45) is 5.92 Å². The maximum atomic E-state index is 12.0. The van der Waals surface area contributed by atoms with E-state index in [2.05, 4.69) is 10.3 Å². The van der Waals surface area contributed by atoms with Crippen LogP contribution < -0.4 is 22.3 Å². The van der Waals surface area contributed by atoms with Crippen LogP contribution in [0.15, 0.2) is 9.59 Å². The van der Waals surface area contributed by atoms with Gasteiger partial charge < -0.3 is 11.1 Å². The number of thioether (sulfide) groups is 1. The molecule has 2 heterocycles. The van der Waals surface area contributed by atoms with Crippen LogP contribution in [0.2, 0.25) is 0 Å². The second-order valence-corrected chi connectivity index (χ2v) is 7.30. The Balaban J connectivity index is 2.18. The number of anilines is 2. The summed E-state index contributed by atoms with van der Waals surface area (Å²) in [4.78, 5) is 26.1. The van der Waals surface area contributed by atoms with E-state index in [1.54, 1.807) is 0 Å². The summed E-state index contributed by atoms with van der Waals surface area (Å²) in [5, 5.41) is 3.65. The first-order chi connectivity index (χ1) is 9.99. The Hall–Kier alpha value is -1.37. The van der Waals surface area contributed by atoms with E-state index in [0.717, 1.165) is 6.42 Å². The lowest BCUT2D eigenvalue weighted by Gasteiger charge is -2.22. The van der Waals surface area contributed by atoms with Gasteiger partial charge in [-0.15, -0.1) is 0 Å². The fraction of sp³-hybridized carbons (Fsp3) is 0.714. The number of aromatic nitrogens is 2. The minimum atomic E-state index is -0.441. The molecule has 0 aromatic carbocycles. The Morgan fingerprint density at radius 3 is 2.81 bits per heavy atom. The van der Waals surface area contributed by atoms with Crippen molar-refractivity contribution in [1.82, 2.24) is 9.55 Å². The van der Waals surface area contributed by atoms with Gasteiger partial charge >= 0.3 is 5.69 Å². The number of nitrogen functional groups attached to an aromatic ring is 1. The smallest absolute Gasteiger partial charge is 0.330 e. The molecule has 0 radical (unpaired) electrons. The lowest BCUT2D eigenvalue weighted by molar-refractivity contribution is 0.508. The Kier molecular flexibility index (Phi) is 5.39. The van der Waals surface area contributed by atoms with Crippen LogP contribution in [0.1, 0.15) is 33.1 Å². The molecular formula is C14H24N4O2S. The molecule has 1 fully saturated rings. The fourth-order valence-corrected chi connectivity index (χ4v) is 3.73. The zero-order chi connectivity index (χ0) is 15.4. The first-order valence-corrected chi connectivity index (χ1v) is 8.52. The van der Waals surface area contributed by atoms with Crippen molar-refractivity contribution in [2.45, 2.75) is 44.9 Å². The van der Waals surface area contributed by atoms with E-state index in [4.69, 9.17) is 5.73 Å². The van der Waals surface area contributed by atoms with Gasteiger partial charge in [0.05, 0.1) is 0 Å². The molecule has 1 saturated heterocycles. The number of H-pyrrole nitrogens is 1. The van der Waals surface area contributed by atoms with Crippen molar-refractivity contribution >= 4 is 23.3 Å². The highest BCUT2D eigenvalue weighted by Crippen LogP contribution is 2.25. The van der Waals surface area contributed by atoms with Crippen molar-refractivity contribution in [3.63, 3.8) is 0 Å². The average molecular weight is 312 g/mol. The Labute approximate surface area is 128 Å². The molecule has 0 aliphatic carbocycles. The summed E-state index contributed by atoms with van der Waals surface area (Å²) in [5.41, 5.74) is 5.47. The van der Waals surface area contributed by atoms with E-state index >= 15 is 0 Å². The van der Waals surface area contributed by atoms with Crippen molar-refractivity contribution in [3.05, 3.63) is 20.8 Å². The topological polar surface area (TPSA) is 92.9 Å². The van der Waals surface area contributed by atoms with Crippen molar-refractivity contribution in [1.29, 1.82) is 0 Å². The highest BCUT2D eigenvalue weighted by atomic mass is 32.2. The average Bonchev–Trinajstić information content (AvgIpc) is 2.44. The maximum absolute atomic E-state index is 12.0. The highest BCUT2D eigenvalue weighted by molar-refractivity contribution is 7.99. The number of nitrogens with one attached hydrogen (secondary N) is 2. The second-order valence-electron chi connectivity index (χ2n) is 5.89. The summed E-state index contributed by atoms with van der Waals surface area (Å²) >= 11 is 1.93. The monoisotopic (exact) mass is 312 g/mol. The first-order valence-electron chi connectivity index (χ1n) is 7.47. The van der Waals surface area contributed by atoms with Gasteiger partial charge in [-0.05, 0) is 24.5 Å². The van der Waals surface area contributed by atoms with Crippen LogP contribution in [-0.2, 0) is 6.54 Å². The van der Waals surface area contributed by atoms with Gasteiger partial charge in [0.1, 0.15) is 11.5 Å². The Bertz CT molecular complexity index is 588. The van der Waals surface area contributed by atoms with Crippen LogP contribution in [-0.4, -0.2) is 27.1 Å². The van der Waals surface area contributed by atoms with Crippen LogP contribution in [0, 0.1) is 5.92 Å². The van der Waals surface area contributed by atoms with Gasteiger partial charge in [-0.1, -0.05) is 20.3 Å². The van der Waals surface area contributed by atoms with E-state index in [9.17, 15) is 9.59 Å². The van der Waals surface area contributed by atoms with Crippen LogP contribution in [0.25, 0.3) is 0 Å². The van der Waals surface area contributed by atoms with Gasteiger partial charge in [-0.25, -0.2) is 4.79 Å². The molecule has 1 aliphatic rings. The van der Waals surface area contributed by atoms with Crippen LogP contribution >= 0.6 is 11.8 Å². The summed E-state index contributed by atoms with van der Waals surface area (Å²) in [6.45, 7) is 5.21. The Morgan fingerprint density at radius 2 is 2.19 bits per heavy atom. The van der Waals surface area contributed by atoms with Gasteiger partial charge in [-0.3, -0.25) is 14.3 Å². The molecular weight excluding hydrogens is 288 g/mol. The third-order valence-corrected chi connectivity index (χ3v) is 4.97. The lowest BCUT2D eigenvalue weighted by atomic mass is 10.2. The number of hydrogen-bond donors (Lipinski definition) is 3. The standard InChI is InChI=1S/C14H24N4O2S/c1-9(2)8-18-12(15)11(13(19)17-14(18)20)16-7-10-5-3-4-6-21-10/h9-10,16H,3-8,15H2,1-2H3,(H,17,19,20). The number of nitrogens with zero attached hydrogens (tertiary/aromatic N) is 1. The van der Waals surface area contributed by atoms with E-state index in [-0.39, 0.29) is 11.7 Å². The molecule has 0 amide bonds. The molecule has 1 aliphatic heterocycles. The number of nitrogens with two attached hydrogens (primary N) is 1. The largest absolute Gasteiger partial charge is 0.383 e. The van der Waals surface area contributed by atoms with Crippen LogP contribution in [0.3, 0.4) is 0 Å². The molecule has 7 heteroatoms. The molecule has 0 saturated carbocycles. The van der Waals surface area contributed by atoms with Crippen molar-refractivity contribution < 1.29 is 0 Å². The highest BCUT2D eigenvalue weighted by Gasteiger charge is 2.17. The van der Waals surface area contributed by atoms with E-state index in [1.807, 2.05) is 25.6 Å². The summed E-state index contributed by atoms with van der Waals surface area (Å²) in [6.07, 6.45) is 3.66. The summed E-state index contributed by atoms with van der Waals surface area (Å²) in [5.74, 6) is 1.68. The predicted octanol–water partition coefficient (Wildman–Crippen LogP) is 1.47. The quantitative estimate of drug-likeness (QED) is 0.765. The molecule has 2 rings (SSSR count). The molecule has 21 heavy (non-hydrogen) atoms. The van der Waals surface area contributed by atoms with Gasteiger partial charge in [0.25, 0.3) is 5.56 Å². The van der Waals surface area contributed by atoms with Gasteiger partial charge in [0.15, 0.2) is 0 Å². The zero-order valence-electron chi connectivity index (χ0n) is 12.6. The summed E-state index contributed by atoms with van der Waals surface area (Å²) in [6, 6.07) is 0. The third kappa shape index (κ3) is 4.06. The molecule has 1 atom stereocenters. The molecule has 1 aromatic rings. The molecule has 118 valence electrons. The fourth-order valence-electron chi connectivity index (χ4n) is 2.49. The molecule has 0 spiro atoms. The van der Waals surface area contributed by atoms with Crippen molar-refractivity contribution in [2.75, 3.05) is 23.3 Å². The summed E-state index contributed by atoms with van der Waals surface area (Å²) in [7, 11) is 0. The molecule has 1 aromatic heterocycles. The van der Waals surface area contributed by atoms with Crippen molar-refractivity contribution in [3.8, 4) is 0 Å². The first kappa shape index (κ1) is 16.0.